The predicted octanol–water partition coefficient (Wildman–Crippen LogP) is 2.81. The van der Waals surface area contributed by atoms with Crippen LogP contribution in [0.25, 0.3) is 0 Å². The summed E-state index contributed by atoms with van der Waals surface area (Å²) in [7, 11) is 3.35. The lowest BCUT2D eigenvalue weighted by atomic mass is 9.83. The first-order valence-corrected chi connectivity index (χ1v) is 6.22. The van der Waals surface area contributed by atoms with Gasteiger partial charge in [0.1, 0.15) is 11.4 Å². The summed E-state index contributed by atoms with van der Waals surface area (Å²) in [5.74, 6) is 0.817. The molecular weight excluding hydrogens is 226 g/mol. The van der Waals surface area contributed by atoms with Gasteiger partial charge in [-0.2, -0.15) is 0 Å². The first kappa shape index (κ1) is 15.0. The summed E-state index contributed by atoms with van der Waals surface area (Å²) in [5.41, 5.74) is 7.67. The first-order chi connectivity index (χ1) is 8.28. The largest absolute Gasteiger partial charge is 0.496 e. The van der Waals surface area contributed by atoms with Crippen molar-refractivity contribution in [1.82, 2.24) is 0 Å². The third-order valence-corrected chi connectivity index (χ3v) is 3.48. The average Bonchev–Trinajstić information content (AvgIpc) is 2.36. The molecule has 0 saturated heterocycles. The number of benzene rings is 1. The molecule has 1 aromatic rings. The molecule has 1 aromatic carbocycles. The van der Waals surface area contributed by atoms with E-state index < -0.39 is 5.60 Å². The number of rotatable bonds is 4. The molecule has 0 radical (unpaired) electrons. The number of hydrogen-bond donors (Lipinski definition) is 1. The van der Waals surface area contributed by atoms with Crippen LogP contribution in [0, 0.1) is 0 Å². The lowest BCUT2D eigenvalue weighted by Gasteiger charge is -2.30. The fourth-order valence-corrected chi connectivity index (χ4v) is 1.89. The lowest BCUT2D eigenvalue weighted by Crippen LogP contribution is -2.34. The molecule has 3 nitrogen and oxygen atoms in total. The van der Waals surface area contributed by atoms with Crippen LogP contribution in [0.3, 0.4) is 0 Å². The second-order valence-corrected chi connectivity index (χ2v) is 5.80. The van der Waals surface area contributed by atoms with Crippen molar-refractivity contribution >= 4 is 0 Å². The molecule has 0 spiro atoms. The zero-order valence-electron chi connectivity index (χ0n) is 12.3. The number of nitrogens with two attached hydrogens (primary N) is 1. The summed E-state index contributed by atoms with van der Waals surface area (Å²) in [4.78, 5) is 0. The van der Waals surface area contributed by atoms with Crippen molar-refractivity contribution in [3.8, 4) is 5.75 Å². The normalized spacial score (nSPS) is 15.3. The van der Waals surface area contributed by atoms with Gasteiger partial charge in [0.05, 0.1) is 7.11 Å². The molecule has 1 rings (SSSR count). The second-order valence-electron chi connectivity index (χ2n) is 5.80. The summed E-state index contributed by atoms with van der Waals surface area (Å²) >= 11 is 0. The maximum atomic E-state index is 5.85. The Balaban J connectivity index is 3.39. The molecule has 1 unspecified atom stereocenters. The molecule has 0 amide bonds. The van der Waals surface area contributed by atoms with E-state index >= 15 is 0 Å². The molecule has 0 heterocycles. The summed E-state index contributed by atoms with van der Waals surface area (Å²) in [6, 6.07) is 6.22. The fourth-order valence-electron chi connectivity index (χ4n) is 1.89. The Labute approximate surface area is 110 Å². The van der Waals surface area contributed by atoms with Gasteiger partial charge in [0, 0.05) is 19.2 Å². The number of ether oxygens (including phenoxy) is 2. The fraction of sp³-hybridized carbons (Fsp3) is 0.600. The van der Waals surface area contributed by atoms with Gasteiger partial charge in [0.25, 0.3) is 0 Å². The summed E-state index contributed by atoms with van der Waals surface area (Å²) in [6.07, 6.45) is 0. The van der Waals surface area contributed by atoms with Gasteiger partial charge in [-0.1, -0.05) is 26.8 Å². The van der Waals surface area contributed by atoms with E-state index in [0.29, 0.717) is 6.54 Å². The number of methoxy groups -OCH3 is 2. The third kappa shape index (κ3) is 2.85. The minimum absolute atomic E-state index is 0.0876. The van der Waals surface area contributed by atoms with E-state index in [1.165, 1.54) is 5.56 Å². The Kier molecular flexibility index (Phi) is 4.41. The third-order valence-electron chi connectivity index (χ3n) is 3.48. The Morgan fingerprint density at radius 2 is 1.72 bits per heavy atom. The van der Waals surface area contributed by atoms with Crippen LogP contribution in [0.15, 0.2) is 18.2 Å². The van der Waals surface area contributed by atoms with Crippen LogP contribution in [0.5, 0.6) is 5.75 Å². The van der Waals surface area contributed by atoms with Gasteiger partial charge < -0.3 is 15.2 Å². The Hall–Kier alpha value is -1.06. The maximum absolute atomic E-state index is 5.85. The zero-order chi connectivity index (χ0) is 14.0. The van der Waals surface area contributed by atoms with E-state index in [-0.39, 0.29) is 5.41 Å². The van der Waals surface area contributed by atoms with Gasteiger partial charge >= 0.3 is 0 Å². The molecule has 0 aliphatic carbocycles. The van der Waals surface area contributed by atoms with Gasteiger partial charge in [-0.15, -0.1) is 0 Å². The maximum Gasteiger partial charge on any atom is 0.125 e. The van der Waals surface area contributed by atoms with E-state index in [2.05, 4.69) is 32.9 Å². The summed E-state index contributed by atoms with van der Waals surface area (Å²) < 4.78 is 11.0. The Morgan fingerprint density at radius 1 is 1.11 bits per heavy atom. The van der Waals surface area contributed by atoms with Crippen LogP contribution >= 0.6 is 0 Å². The van der Waals surface area contributed by atoms with E-state index in [0.717, 1.165) is 11.3 Å². The van der Waals surface area contributed by atoms with Crippen molar-refractivity contribution in [3.05, 3.63) is 29.3 Å². The molecule has 0 fully saturated rings. The minimum atomic E-state index is -0.521. The smallest absolute Gasteiger partial charge is 0.125 e. The lowest BCUT2D eigenvalue weighted by molar-refractivity contribution is 0.00811. The molecule has 0 bridgehead atoms. The molecule has 0 aliphatic heterocycles. The molecule has 18 heavy (non-hydrogen) atoms. The van der Waals surface area contributed by atoms with Crippen LogP contribution < -0.4 is 10.5 Å². The SMILES string of the molecule is COc1ccc(C(C)(C)C)cc1C(C)(CN)OC. The monoisotopic (exact) mass is 251 g/mol. The average molecular weight is 251 g/mol. The molecule has 0 aliphatic rings. The van der Waals surface area contributed by atoms with Crippen LogP contribution in [0.2, 0.25) is 0 Å². The molecule has 3 heteroatoms. The van der Waals surface area contributed by atoms with Gasteiger partial charge in [0.15, 0.2) is 0 Å². The summed E-state index contributed by atoms with van der Waals surface area (Å²) in [5, 5.41) is 0. The first-order valence-electron chi connectivity index (χ1n) is 6.22. The highest BCUT2D eigenvalue weighted by Crippen LogP contribution is 2.35. The molecule has 2 N–H and O–H groups in total. The summed E-state index contributed by atoms with van der Waals surface area (Å²) in [6.45, 7) is 8.95. The Morgan fingerprint density at radius 3 is 2.11 bits per heavy atom. The molecule has 0 saturated carbocycles. The van der Waals surface area contributed by atoms with Crippen LogP contribution in [-0.2, 0) is 15.8 Å². The van der Waals surface area contributed by atoms with Crippen molar-refractivity contribution in [1.29, 1.82) is 0 Å². The molecule has 0 aromatic heterocycles. The van der Waals surface area contributed by atoms with Crippen LogP contribution in [-0.4, -0.2) is 20.8 Å². The van der Waals surface area contributed by atoms with Crippen LogP contribution in [0.4, 0.5) is 0 Å². The van der Waals surface area contributed by atoms with Gasteiger partial charge in [-0.3, -0.25) is 0 Å². The van der Waals surface area contributed by atoms with Gasteiger partial charge in [-0.05, 0) is 30.0 Å². The highest BCUT2D eigenvalue weighted by atomic mass is 16.5. The van der Waals surface area contributed by atoms with E-state index in [9.17, 15) is 0 Å². The van der Waals surface area contributed by atoms with Gasteiger partial charge in [0.2, 0.25) is 0 Å². The van der Waals surface area contributed by atoms with Crippen molar-refractivity contribution in [2.75, 3.05) is 20.8 Å². The van der Waals surface area contributed by atoms with Crippen molar-refractivity contribution in [2.45, 2.75) is 38.7 Å². The standard InChI is InChI=1S/C15H25NO2/c1-14(2,3)11-7-8-13(17-5)12(9-11)15(4,10-16)18-6/h7-9H,10,16H2,1-6H3. The quantitative estimate of drug-likeness (QED) is 0.895. The molecule has 102 valence electrons. The molecular formula is C15H25NO2. The minimum Gasteiger partial charge on any atom is -0.496 e. The van der Waals surface area contributed by atoms with Crippen molar-refractivity contribution in [3.63, 3.8) is 0 Å². The van der Waals surface area contributed by atoms with Gasteiger partial charge in [-0.25, -0.2) is 0 Å². The highest BCUT2D eigenvalue weighted by Gasteiger charge is 2.29. The van der Waals surface area contributed by atoms with Crippen molar-refractivity contribution < 1.29 is 9.47 Å². The van der Waals surface area contributed by atoms with Crippen molar-refractivity contribution in [2.24, 2.45) is 5.73 Å². The van der Waals surface area contributed by atoms with Crippen LogP contribution in [0.1, 0.15) is 38.8 Å². The molecule has 1 atom stereocenters. The number of hydrogen-bond acceptors (Lipinski definition) is 3. The topological polar surface area (TPSA) is 44.5 Å². The van der Waals surface area contributed by atoms with E-state index in [1.54, 1.807) is 14.2 Å². The Bertz CT molecular complexity index is 403. The van der Waals surface area contributed by atoms with E-state index in [1.807, 2.05) is 13.0 Å². The zero-order valence-corrected chi connectivity index (χ0v) is 12.3. The second kappa shape index (κ2) is 5.29. The predicted molar refractivity (Wildman–Crippen MR) is 75.1 cm³/mol. The highest BCUT2D eigenvalue weighted by molar-refractivity contribution is 5.43. The van der Waals surface area contributed by atoms with E-state index in [4.69, 9.17) is 15.2 Å².